The maximum atomic E-state index is 10.8. The molecule has 28 heavy (non-hydrogen) atoms. The van der Waals surface area contributed by atoms with Crippen LogP contribution in [-0.4, -0.2) is 57.3 Å². The number of hydrogen-bond acceptors (Lipinski definition) is 6. The maximum absolute atomic E-state index is 10.8. The molecule has 2 aromatic rings. The summed E-state index contributed by atoms with van der Waals surface area (Å²) in [6, 6.07) is 8.46. The van der Waals surface area contributed by atoms with Gasteiger partial charge in [-0.3, -0.25) is 19.7 Å². The maximum Gasteiger partial charge on any atom is 0.303 e. The summed E-state index contributed by atoms with van der Waals surface area (Å²) in [6.07, 6.45) is 8.33. The standard InChI is InChI=1S/C21H25N5O2/c22-11-15(19-13-24-17-3-1-2-4-18(17)25-19)12-23-16-5-7-26(8-6-16)20-9-14(20)10-21(27)28/h1-4,11-14,16,20H,5-10,22H2,(H,27,28). The fourth-order valence-electron chi connectivity index (χ4n) is 3.97. The third kappa shape index (κ3) is 4.20. The second-order valence-corrected chi connectivity index (χ2v) is 7.57. The van der Waals surface area contributed by atoms with Crippen LogP contribution in [-0.2, 0) is 4.79 Å². The lowest BCUT2D eigenvalue weighted by Gasteiger charge is -2.30. The number of rotatable bonds is 6. The highest BCUT2D eigenvalue weighted by Crippen LogP contribution is 2.39. The Morgan fingerprint density at radius 1 is 1.29 bits per heavy atom. The van der Waals surface area contributed by atoms with E-state index in [-0.39, 0.29) is 6.04 Å². The summed E-state index contributed by atoms with van der Waals surface area (Å²) in [4.78, 5) is 27.1. The van der Waals surface area contributed by atoms with Crippen molar-refractivity contribution >= 4 is 28.8 Å². The monoisotopic (exact) mass is 379 g/mol. The number of hydrogen-bond donors (Lipinski definition) is 2. The summed E-state index contributed by atoms with van der Waals surface area (Å²) >= 11 is 0. The Balaban J connectivity index is 1.34. The molecule has 3 N–H and O–H groups in total. The molecule has 0 bridgehead atoms. The van der Waals surface area contributed by atoms with Crippen molar-refractivity contribution in [2.24, 2.45) is 16.6 Å². The molecular formula is C21H25N5O2. The average Bonchev–Trinajstić information content (AvgIpc) is 3.47. The lowest BCUT2D eigenvalue weighted by Crippen LogP contribution is -2.37. The minimum absolute atomic E-state index is 0.260. The van der Waals surface area contributed by atoms with Gasteiger partial charge in [-0.25, -0.2) is 4.98 Å². The SMILES string of the molecule is NC=C(C=NC1CCN(C2CC2CC(=O)O)CC1)c1cnc2ccccc2n1. The zero-order valence-electron chi connectivity index (χ0n) is 15.7. The number of aliphatic imine (C=N–C) groups is 1. The smallest absolute Gasteiger partial charge is 0.303 e. The number of likely N-dealkylation sites (tertiary alicyclic amines) is 1. The van der Waals surface area contributed by atoms with Crippen molar-refractivity contribution in [3.8, 4) is 0 Å². The van der Waals surface area contributed by atoms with Gasteiger partial charge in [0, 0.05) is 43.5 Å². The molecule has 0 radical (unpaired) electrons. The van der Waals surface area contributed by atoms with E-state index >= 15 is 0 Å². The van der Waals surface area contributed by atoms with E-state index in [0.29, 0.717) is 18.4 Å². The molecule has 4 rings (SSSR count). The number of para-hydroxylation sites is 2. The van der Waals surface area contributed by atoms with Gasteiger partial charge in [0.15, 0.2) is 0 Å². The Morgan fingerprint density at radius 3 is 2.75 bits per heavy atom. The molecule has 2 atom stereocenters. The van der Waals surface area contributed by atoms with Crippen molar-refractivity contribution in [3.05, 3.63) is 42.4 Å². The molecule has 1 aromatic heterocycles. The van der Waals surface area contributed by atoms with E-state index in [1.807, 2.05) is 30.5 Å². The van der Waals surface area contributed by atoms with Crippen LogP contribution in [0.5, 0.6) is 0 Å². The molecular weight excluding hydrogens is 354 g/mol. The average molecular weight is 379 g/mol. The fraction of sp³-hybridized carbons (Fsp3) is 0.429. The van der Waals surface area contributed by atoms with Gasteiger partial charge in [0.1, 0.15) is 0 Å². The highest BCUT2D eigenvalue weighted by Gasteiger charge is 2.43. The molecule has 1 saturated heterocycles. The molecule has 146 valence electrons. The van der Waals surface area contributed by atoms with Crippen molar-refractivity contribution in [1.29, 1.82) is 0 Å². The van der Waals surface area contributed by atoms with Gasteiger partial charge < -0.3 is 10.8 Å². The summed E-state index contributed by atoms with van der Waals surface area (Å²) < 4.78 is 0. The van der Waals surface area contributed by atoms with Crippen molar-refractivity contribution in [3.63, 3.8) is 0 Å². The number of nitrogens with two attached hydrogens (primary N) is 1. The zero-order valence-corrected chi connectivity index (χ0v) is 15.7. The molecule has 7 heteroatoms. The highest BCUT2D eigenvalue weighted by molar-refractivity contribution is 6.09. The summed E-state index contributed by atoms with van der Waals surface area (Å²) in [6.45, 7) is 1.94. The first-order chi connectivity index (χ1) is 13.6. The Kier molecular flexibility index (Phi) is 5.34. The normalized spacial score (nSPS) is 24.1. The highest BCUT2D eigenvalue weighted by atomic mass is 16.4. The van der Waals surface area contributed by atoms with Crippen molar-refractivity contribution in [2.75, 3.05) is 13.1 Å². The topological polar surface area (TPSA) is 105 Å². The molecule has 1 aliphatic carbocycles. The third-order valence-corrected chi connectivity index (χ3v) is 5.64. The number of fused-ring (bicyclic) bond motifs is 1. The van der Waals surface area contributed by atoms with Crippen LogP contribution >= 0.6 is 0 Å². The van der Waals surface area contributed by atoms with E-state index < -0.39 is 5.97 Å². The fourth-order valence-corrected chi connectivity index (χ4v) is 3.97. The van der Waals surface area contributed by atoms with Crippen molar-refractivity contribution < 1.29 is 9.90 Å². The molecule has 0 amide bonds. The predicted molar refractivity (Wildman–Crippen MR) is 109 cm³/mol. The van der Waals surface area contributed by atoms with E-state index in [9.17, 15) is 4.79 Å². The number of nitrogens with zero attached hydrogens (tertiary/aromatic N) is 4. The van der Waals surface area contributed by atoms with Crippen LogP contribution in [0.3, 0.4) is 0 Å². The predicted octanol–water partition coefficient (Wildman–Crippen LogP) is 2.33. The number of carbonyl (C=O) groups is 1. The van der Waals surface area contributed by atoms with Crippen molar-refractivity contribution in [2.45, 2.75) is 37.8 Å². The van der Waals surface area contributed by atoms with Crippen LogP contribution in [0, 0.1) is 5.92 Å². The summed E-state index contributed by atoms with van der Waals surface area (Å²) in [5.41, 5.74) is 8.99. The number of aliphatic carboxylic acids is 1. The quantitative estimate of drug-likeness (QED) is 0.747. The third-order valence-electron chi connectivity index (χ3n) is 5.64. The lowest BCUT2D eigenvalue weighted by molar-refractivity contribution is -0.137. The van der Waals surface area contributed by atoms with E-state index in [0.717, 1.165) is 54.7 Å². The minimum atomic E-state index is -0.690. The van der Waals surface area contributed by atoms with Crippen molar-refractivity contribution in [1.82, 2.24) is 14.9 Å². The summed E-state index contributed by atoms with van der Waals surface area (Å²) in [5, 5.41) is 8.92. The molecule has 2 fully saturated rings. The first kappa shape index (κ1) is 18.6. The number of allylic oxidation sites excluding steroid dienone is 1. The van der Waals surface area contributed by atoms with Crippen LogP contribution in [0.25, 0.3) is 16.6 Å². The van der Waals surface area contributed by atoms with Crippen LogP contribution in [0.4, 0.5) is 0 Å². The van der Waals surface area contributed by atoms with E-state index in [1.54, 1.807) is 6.20 Å². The van der Waals surface area contributed by atoms with E-state index in [4.69, 9.17) is 15.8 Å². The Labute approximate surface area is 164 Å². The first-order valence-corrected chi connectivity index (χ1v) is 9.77. The van der Waals surface area contributed by atoms with Crippen LogP contribution in [0.1, 0.15) is 31.4 Å². The van der Waals surface area contributed by atoms with Gasteiger partial charge in [-0.1, -0.05) is 12.1 Å². The molecule has 1 saturated carbocycles. The van der Waals surface area contributed by atoms with Gasteiger partial charge in [0.2, 0.25) is 0 Å². The van der Waals surface area contributed by atoms with Gasteiger partial charge in [-0.15, -0.1) is 0 Å². The number of carboxylic acids is 1. The number of carboxylic acid groups (broad SMARTS) is 1. The summed E-state index contributed by atoms with van der Waals surface area (Å²) in [5.74, 6) is -0.360. The minimum Gasteiger partial charge on any atom is -0.481 e. The largest absolute Gasteiger partial charge is 0.481 e. The van der Waals surface area contributed by atoms with Gasteiger partial charge in [0.05, 0.1) is 29.0 Å². The Bertz CT molecular complexity index is 918. The Hall–Kier alpha value is -2.80. The van der Waals surface area contributed by atoms with Gasteiger partial charge in [0.25, 0.3) is 0 Å². The first-order valence-electron chi connectivity index (χ1n) is 9.77. The molecule has 7 nitrogen and oxygen atoms in total. The molecule has 2 heterocycles. The number of benzene rings is 1. The molecule has 1 aliphatic heterocycles. The van der Waals surface area contributed by atoms with Crippen LogP contribution in [0.15, 0.2) is 41.7 Å². The lowest BCUT2D eigenvalue weighted by atomic mass is 10.0. The van der Waals surface area contributed by atoms with E-state index in [1.165, 1.54) is 6.20 Å². The molecule has 2 unspecified atom stereocenters. The molecule has 2 aliphatic rings. The van der Waals surface area contributed by atoms with Gasteiger partial charge in [-0.2, -0.15) is 0 Å². The molecule has 1 aromatic carbocycles. The van der Waals surface area contributed by atoms with Crippen LogP contribution < -0.4 is 5.73 Å². The van der Waals surface area contributed by atoms with Crippen LogP contribution in [0.2, 0.25) is 0 Å². The van der Waals surface area contributed by atoms with E-state index in [2.05, 4.69) is 14.9 Å². The Morgan fingerprint density at radius 2 is 2.04 bits per heavy atom. The second kappa shape index (κ2) is 8.06. The van der Waals surface area contributed by atoms with Gasteiger partial charge >= 0.3 is 5.97 Å². The zero-order chi connectivity index (χ0) is 19.5. The molecule has 0 spiro atoms. The van der Waals surface area contributed by atoms with Gasteiger partial charge in [-0.05, 0) is 37.3 Å². The number of piperidine rings is 1. The second-order valence-electron chi connectivity index (χ2n) is 7.57. The number of aromatic nitrogens is 2. The summed E-state index contributed by atoms with van der Waals surface area (Å²) in [7, 11) is 0.